The molecular weight excluding hydrogens is 250 g/mol. The number of guanidine groups is 1. The third-order valence-electron chi connectivity index (χ3n) is 3.21. The van der Waals surface area contributed by atoms with Crippen LogP contribution in [0.1, 0.15) is 20.3 Å². The Balaban J connectivity index is 2.06. The van der Waals surface area contributed by atoms with Crippen LogP contribution in [-0.2, 0) is 9.53 Å². The largest absolute Gasteiger partial charge is 0.383 e. The van der Waals surface area contributed by atoms with E-state index < -0.39 is 5.54 Å². The molecule has 2 fully saturated rings. The first-order valence-electron chi connectivity index (χ1n) is 6.18. The highest BCUT2D eigenvalue weighted by Crippen LogP contribution is 2.40. The third kappa shape index (κ3) is 2.80. The van der Waals surface area contributed by atoms with Crippen molar-refractivity contribution in [1.82, 2.24) is 10.6 Å². The van der Waals surface area contributed by atoms with E-state index in [1.54, 1.807) is 7.11 Å². The van der Waals surface area contributed by atoms with Crippen LogP contribution in [0.25, 0.3) is 0 Å². The summed E-state index contributed by atoms with van der Waals surface area (Å²) in [6.45, 7) is 5.53. The highest BCUT2D eigenvalue weighted by molar-refractivity contribution is 7.99. The molecule has 0 radical (unpaired) electrons. The second-order valence-electron chi connectivity index (χ2n) is 5.72. The first-order chi connectivity index (χ1) is 8.47. The summed E-state index contributed by atoms with van der Waals surface area (Å²) in [5.41, 5.74) is -0.298. The SMILES string of the molecule is COCCN=C1NC(=O)C2(CSCC(C)(C)C2)N1. The Morgan fingerprint density at radius 1 is 1.44 bits per heavy atom. The number of nitrogens with one attached hydrogen (secondary N) is 2. The second-order valence-corrected chi connectivity index (χ2v) is 6.70. The lowest BCUT2D eigenvalue weighted by Gasteiger charge is -2.40. The summed E-state index contributed by atoms with van der Waals surface area (Å²) in [5.74, 6) is 2.56. The van der Waals surface area contributed by atoms with E-state index in [9.17, 15) is 4.79 Å². The summed E-state index contributed by atoms with van der Waals surface area (Å²) in [5, 5.41) is 6.13. The summed E-state index contributed by atoms with van der Waals surface area (Å²) in [6, 6.07) is 0. The molecule has 1 spiro atoms. The summed E-state index contributed by atoms with van der Waals surface area (Å²) in [6.07, 6.45) is 0.849. The first-order valence-corrected chi connectivity index (χ1v) is 7.34. The average molecular weight is 271 g/mol. The van der Waals surface area contributed by atoms with E-state index in [-0.39, 0.29) is 11.3 Å². The third-order valence-corrected chi connectivity index (χ3v) is 4.89. The highest BCUT2D eigenvalue weighted by atomic mass is 32.2. The van der Waals surface area contributed by atoms with Crippen molar-refractivity contribution in [1.29, 1.82) is 0 Å². The molecule has 1 unspecified atom stereocenters. The van der Waals surface area contributed by atoms with Gasteiger partial charge >= 0.3 is 0 Å². The fourth-order valence-corrected chi connectivity index (χ4v) is 3.93. The molecule has 0 aromatic heterocycles. The molecule has 1 atom stereocenters. The van der Waals surface area contributed by atoms with Crippen LogP contribution >= 0.6 is 11.8 Å². The zero-order valence-electron chi connectivity index (χ0n) is 11.2. The van der Waals surface area contributed by atoms with Gasteiger partial charge in [-0.1, -0.05) is 13.8 Å². The molecular formula is C12H21N3O2S. The van der Waals surface area contributed by atoms with Crippen molar-refractivity contribution in [3.05, 3.63) is 0 Å². The zero-order valence-corrected chi connectivity index (χ0v) is 12.0. The maximum Gasteiger partial charge on any atom is 0.253 e. The van der Waals surface area contributed by atoms with Crippen LogP contribution in [0.5, 0.6) is 0 Å². The zero-order chi connectivity index (χ0) is 13.2. The molecule has 5 nitrogen and oxygen atoms in total. The smallest absolute Gasteiger partial charge is 0.253 e. The van der Waals surface area contributed by atoms with Gasteiger partial charge in [-0.05, 0) is 17.6 Å². The monoisotopic (exact) mass is 271 g/mol. The van der Waals surface area contributed by atoms with Crippen LogP contribution in [0, 0.1) is 5.41 Å². The number of carbonyl (C=O) groups excluding carboxylic acids is 1. The standard InChI is InChI=1S/C12H21N3O2S/c1-11(2)6-12(8-18-7-11)9(16)14-10(15-12)13-4-5-17-3/h4-8H2,1-3H3,(H2,13,14,15,16). The number of rotatable bonds is 3. The van der Waals surface area contributed by atoms with Gasteiger partial charge in [0.15, 0.2) is 5.96 Å². The van der Waals surface area contributed by atoms with E-state index in [0.717, 1.165) is 17.9 Å². The Hall–Kier alpha value is -0.750. The quantitative estimate of drug-likeness (QED) is 0.738. The van der Waals surface area contributed by atoms with Gasteiger partial charge in [0.05, 0.1) is 13.2 Å². The van der Waals surface area contributed by atoms with Gasteiger partial charge in [-0.2, -0.15) is 11.8 Å². The van der Waals surface area contributed by atoms with Crippen LogP contribution in [0.3, 0.4) is 0 Å². The van der Waals surface area contributed by atoms with Crippen molar-refractivity contribution in [3.8, 4) is 0 Å². The van der Waals surface area contributed by atoms with Crippen LogP contribution in [0.2, 0.25) is 0 Å². The first kappa shape index (κ1) is 13.7. The molecule has 2 heterocycles. The van der Waals surface area contributed by atoms with E-state index in [1.165, 1.54) is 0 Å². The van der Waals surface area contributed by atoms with E-state index in [2.05, 4.69) is 29.5 Å². The maximum absolute atomic E-state index is 12.2. The van der Waals surface area contributed by atoms with Crippen molar-refractivity contribution >= 4 is 23.6 Å². The fraction of sp³-hybridized carbons (Fsp3) is 0.833. The van der Waals surface area contributed by atoms with Crippen molar-refractivity contribution in [3.63, 3.8) is 0 Å². The minimum atomic E-state index is -0.474. The molecule has 2 N–H and O–H groups in total. The van der Waals surface area contributed by atoms with E-state index in [0.29, 0.717) is 19.1 Å². The maximum atomic E-state index is 12.2. The molecule has 2 rings (SSSR count). The molecule has 0 saturated carbocycles. The topological polar surface area (TPSA) is 62.7 Å². The van der Waals surface area contributed by atoms with Crippen LogP contribution < -0.4 is 10.6 Å². The van der Waals surface area contributed by atoms with Crippen LogP contribution in [-0.4, -0.2) is 49.2 Å². The normalized spacial score (nSPS) is 32.6. The lowest BCUT2D eigenvalue weighted by atomic mass is 9.80. The molecule has 0 bridgehead atoms. The van der Waals surface area contributed by atoms with Gasteiger partial charge in [0, 0.05) is 12.9 Å². The van der Waals surface area contributed by atoms with Crippen LogP contribution in [0.4, 0.5) is 0 Å². The Morgan fingerprint density at radius 2 is 2.22 bits per heavy atom. The number of methoxy groups -OCH3 is 1. The molecule has 0 aromatic carbocycles. The van der Waals surface area contributed by atoms with Gasteiger partial charge in [-0.15, -0.1) is 0 Å². The minimum absolute atomic E-state index is 0.0546. The molecule has 1 amide bonds. The Labute approximate surface area is 112 Å². The summed E-state index contributed by atoms with van der Waals surface area (Å²) in [7, 11) is 1.64. The van der Waals surface area contributed by atoms with E-state index in [4.69, 9.17) is 4.74 Å². The predicted molar refractivity (Wildman–Crippen MR) is 73.9 cm³/mol. The van der Waals surface area contributed by atoms with E-state index in [1.807, 2.05) is 11.8 Å². The van der Waals surface area contributed by atoms with Gasteiger partial charge in [0.25, 0.3) is 5.91 Å². The summed E-state index contributed by atoms with van der Waals surface area (Å²) >= 11 is 1.83. The summed E-state index contributed by atoms with van der Waals surface area (Å²) in [4.78, 5) is 16.5. The number of nitrogens with zero attached hydrogens (tertiary/aromatic N) is 1. The number of hydrogen-bond donors (Lipinski definition) is 2. The van der Waals surface area contributed by atoms with Gasteiger partial charge < -0.3 is 10.1 Å². The van der Waals surface area contributed by atoms with Gasteiger partial charge in [-0.25, -0.2) is 0 Å². The number of carbonyl (C=O) groups is 1. The number of hydrogen-bond acceptors (Lipinski definition) is 4. The number of ether oxygens (including phenoxy) is 1. The number of thioether (sulfide) groups is 1. The minimum Gasteiger partial charge on any atom is -0.383 e. The van der Waals surface area contributed by atoms with Gasteiger partial charge in [0.2, 0.25) is 0 Å². The van der Waals surface area contributed by atoms with Gasteiger partial charge in [-0.3, -0.25) is 15.1 Å². The molecule has 18 heavy (non-hydrogen) atoms. The number of aliphatic imine (C=N–C) groups is 1. The molecule has 2 aliphatic heterocycles. The van der Waals surface area contributed by atoms with Crippen molar-refractivity contribution in [2.75, 3.05) is 31.8 Å². The summed E-state index contributed by atoms with van der Waals surface area (Å²) < 4.78 is 4.95. The fourth-order valence-electron chi connectivity index (χ4n) is 2.52. The molecule has 0 aliphatic carbocycles. The Bertz CT molecular complexity index is 370. The molecule has 0 aromatic rings. The predicted octanol–water partition coefficient (Wildman–Crippen LogP) is 0.610. The lowest BCUT2D eigenvalue weighted by molar-refractivity contribution is -0.124. The number of amides is 1. The highest BCUT2D eigenvalue weighted by Gasteiger charge is 2.50. The van der Waals surface area contributed by atoms with Crippen LogP contribution in [0.15, 0.2) is 4.99 Å². The molecule has 102 valence electrons. The lowest BCUT2D eigenvalue weighted by Crippen LogP contribution is -2.55. The molecule has 2 aliphatic rings. The second kappa shape index (κ2) is 5.09. The molecule has 2 saturated heterocycles. The van der Waals surface area contributed by atoms with Crippen molar-refractivity contribution < 1.29 is 9.53 Å². The van der Waals surface area contributed by atoms with Crippen molar-refractivity contribution in [2.24, 2.45) is 10.4 Å². The molecule has 6 heteroatoms. The van der Waals surface area contributed by atoms with Gasteiger partial charge in [0.1, 0.15) is 5.54 Å². The van der Waals surface area contributed by atoms with E-state index >= 15 is 0 Å². The Kier molecular flexibility index (Phi) is 3.87. The average Bonchev–Trinajstić information content (AvgIpc) is 2.54. The Morgan fingerprint density at radius 3 is 2.89 bits per heavy atom. The van der Waals surface area contributed by atoms with Crippen molar-refractivity contribution in [2.45, 2.75) is 25.8 Å².